The first-order valence-corrected chi connectivity index (χ1v) is 10.1. The molecule has 2 aromatic rings. The average Bonchev–Trinajstić information content (AvgIpc) is 2.77. The summed E-state index contributed by atoms with van der Waals surface area (Å²) in [5, 5.41) is 6.34. The van der Waals surface area contributed by atoms with Gasteiger partial charge in [-0.15, -0.1) is 12.4 Å². The number of benzene rings is 2. The summed E-state index contributed by atoms with van der Waals surface area (Å²) in [6.45, 7) is 3.28. The number of halogens is 1. The molecule has 1 saturated heterocycles. The zero-order chi connectivity index (χ0) is 20.4. The highest BCUT2D eigenvalue weighted by Crippen LogP contribution is 2.33. The zero-order valence-corrected chi connectivity index (χ0v) is 18.2. The third-order valence-electron chi connectivity index (χ3n) is 5.15. The van der Waals surface area contributed by atoms with Gasteiger partial charge < -0.3 is 24.8 Å². The van der Waals surface area contributed by atoms with E-state index in [0.29, 0.717) is 33.0 Å². The maximum atomic E-state index is 12.5. The topological polar surface area (TPSA) is 68.8 Å². The highest BCUT2D eigenvalue weighted by Gasteiger charge is 2.35. The van der Waals surface area contributed by atoms with Crippen LogP contribution in [0.4, 0.5) is 0 Å². The van der Waals surface area contributed by atoms with Gasteiger partial charge in [0.05, 0.1) is 18.7 Å². The monoisotopic (exact) mass is 434 g/mol. The van der Waals surface area contributed by atoms with Crippen molar-refractivity contribution in [2.45, 2.75) is 25.0 Å². The maximum Gasteiger partial charge on any atom is 0.234 e. The van der Waals surface area contributed by atoms with E-state index in [0.717, 1.165) is 29.7 Å². The molecule has 2 N–H and O–H groups in total. The normalized spacial score (nSPS) is 15.1. The van der Waals surface area contributed by atoms with Crippen molar-refractivity contribution in [2.75, 3.05) is 40.0 Å². The Balaban J connectivity index is 0.00000320. The second-order valence-electron chi connectivity index (χ2n) is 7.21. The smallest absolute Gasteiger partial charge is 0.234 e. The Morgan fingerprint density at radius 1 is 1.07 bits per heavy atom. The van der Waals surface area contributed by atoms with Crippen molar-refractivity contribution < 1.29 is 19.0 Å². The first-order chi connectivity index (χ1) is 14.2. The van der Waals surface area contributed by atoms with Gasteiger partial charge in [0.1, 0.15) is 12.4 Å². The Labute approximate surface area is 184 Å². The number of ether oxygens (including phenoxy) is 3. The molecule has 6 nitrogen and oxygen atoms in total. The molecule has 1 fully saturated rings. The van der Waals surface area contributed by atoms with Crippen LogP contribution in [0.25, 0.3) is 0 Å². The number of rotatable bonds is 10. The van der Waals surface area contributed by atoms with E-state index in [1.54, 1.807) is 7.11 Å². The second kappa shape index (κ2) is 12.5. The Morgan fingerprint density at radius 2 is 1.77 bits per heavy atom. The molecule has 0 radical (unpaired) electrons. The quantitative estimate of drug-likeness (QED) is 0.562. The minimum Gasteiger partial charge on any atom is -0.489 e. The Kier molecular flexibility index (Phi) is 10.1. The minimum atomic E-state index is -0.407. The third-order valence-corrected chi connectivity index (χ3v) is 5.15. The molecule has 30 heavy (non-hydrogen) atoms. The van der Waals surface area contributed by atoms with Gasteiger partial charge in [0, 0.05) is 26.9 Å². The molecule has 164 valence electrons. The highest BCUT2D eigenvalue weighted by molar-refractivity contribution is 5.85. The van der Waals surface area contributed by atoms with Crippen molar-refractivity contribution >= 4 is 18.3 Å². The third kappa shape index (κ3) is 6.99. The van der Waals surface area contributed by atoms with E-state index in [1.807, 2.05) is 54.6 Å². The molecule has 0 spiro atoms. The van der Waals surface area contributed by atoms with Crippen molar-refractivity contribution in [3.63, 3.8) is 0 Å². The predicted molar refractivity (Wildman–Crippen MR) is 119 cm³/mol. The van der Waals surface area contributed by atoms with Gasteiger partial charge in [0.15, 0.2) is 0 Å². The van der Waals surface area contributed by atoms with E-state index < -0.39 is 5.54 Å². The number of carbonyl (C=O) groups is 1. The first kappa shape index (κ1) is 24.2. The van der Waals surface area contributed by atoms with Crippen LogP contribution in [0.1, 0.15) is 24.0 Å². The fourth-order valence-corrected chi connectivity index (χ4v) is 3.50. The van der Waals surface area contributed by atoms with Crippen LogP contribution in [0.3, 0.4) is 0 Å². The van der Waals surface area contributed by atoms with Gasteiger partial charge in [-0.05, 0) is 36.1 Å². The summed E-state index contributed by atoms with van der Waals surface area (Å²) in [6.07, 6.45) is 1.50. The van der Waals surface area contributed by atoms with Crippen LogP contribution < -0.4 is 15.4 Å². The van der Waals surface area contributed by atoms with Crippen LogP contribution in [-0.2, 0) is 26.4 Å². The molecule has 1 aliphatic heterocycles. The number of methoxy groups -OCH3 is 1. The summed E-state index contributed by atoms with van der Waals surface area (Å²) in [5.41, 5.74) is 1.81. The van der Waals surface area contributed by atoms with Gasteiger partial charge in [-0.1, -0.05) is 42.5 Å². The number of amides is 1. The van der Waals surface area contributed by atoms with Gasteiger partial charge in [0.2, 0.25) is 5.91 Å². The lowest BCUT2D eigenvalue weighted by atomic mass is 9.82. The van der Waals surface area contributed by atoms with Gasteiger partial charge in [-0.25, -0.2) is 0 Å². The fourth-order valence-electron chi connectivity index (χ4n) is 3.50. The second-order valence-corrected chi connectivity index (χ2v) is 7.21. The van der Waals surface area contributed by atoms with Crippen molar-refractivity contribution in [2.24, 2.45) is 0 Å². The van der Waals surface area contributed by atoms with E-state index in [4.69, 9.17) is 14.2 Å². The van der Waals surface area contributed by atoms with Gasteiger partial charge in [0.25, 0.3) is 0 Å². The predicted octanol–water partition coefficient (Wildman–Crippen LogP) is 3.05. The van der Waals surface area contributed by atoms with Crippen LogP contribution in [0.2, 0.25) is 0 Å². The van der Waals surface area contributed by atoms with E-state index in [1.165, 1.54) is 0 Å². The van der Waals surface area contributed by atoms with Crippen molar-refractivity contribution in [3.05, 3.63) is 65.7 Å². The van der Waals surface area contributed by atoms with E-state index in [2.05, 4.69) is 10.6 Å². The standard InChI is InChI=1S/C23H30N2O4.ClH/c1-27-16-13-24-17-22(26)25-23(11-14-28-15-12-23)20-7-9-21(10-8-20)29-18-19-5-3-2-4-6-19;/h2-10,24H,11-18H2,1H3,(H,25,26);1H. The Bertz CT molecular complexity index is 750. The average molecular weight is 435 g/mol. The highest BCUT2D eigenvalue weighted by atomic mass is 35.5. The maximum absolute atomic E-state index is 12.5. The number of hydrogen-bond acceptors (Lipinski definition) is 5. The summed E-state index contributed by atoms with van der Waals surface area (Å²) in [7, 11) is 1.64. The number of carbonyl (C=O) groups excluding carboxylic acids is 1. The molecule has 0 saturated carbocycles. The number of hydrogen-bond donors (Lipinski definition) is 2. The molecular weight excluding hydrogens is 404 g/mol. The molecule has 0 aliphatic carbocycles. The fraction of sp³-hybridized carbons (Fsp3) is 0.435. The molecular formula is C23H31ClN2O4. The molecule has 0 unspecified atom stereocenters. The number of nitrogens with one attached hydrogen (secondary N) is 2. The van der Waals surface area contributed by atoms with Crippen molar-refractivity contribution in [3.8, 4) is 5.75 Å². The van der Waals surface area contributed by atoms with E-state index in [-0.39, 0.29) is 24.9 Å². The molecule has 2 aromatic carbocycles. The Morgan fingerprint density at radius 3 is 2.43 bits per heavy atom. The molecule has 1 amide bonds. The minimum absolute atomic E-state index is 0. The first-order valence-electron chi connectivity index (χ1n) is 10.1. The van der Waals surface area contributed by atoms with E-state index >= 15 is 0 Å². The van der Waals surface area contributed by atoms with E-state index in [9.17, 15) is 4.79 Å². The van der Waals surface area contributed by atoms with Gasteiger partial charge in [-0.3, -0.25) is 4.79 Å². The largest absolute Gasteiger partial charge is 0.489 e. The summed E-state index contributed by atoms with van der Waals surface area (Å²) in [4.78, 5) is 12.5. The molecule has 0 bridgehead atoms. The molecule has 7 heteroatoms. The SMILES string of the molecule is COCCNCC(=O)NC1(c2ccc(OCc3ccccc3)cc2)CCOCC1.Cl. The lowest BCUT2D eigenvalue weighted by Gasteiger charge is -2.38. The molecule has 3 rings (SSSR count). The van der Waals surface area contributed by atoms with Crippen molar-refractivity contribution in [1.82, 2.24) is 10.6 Å². The zero-order valence-electron chi connectivity index (χ0n) is 17.4. The van der Waals surface area contributed by atoms with Crippen LogP contribution in [0.5, 0.6) is 5.75 Å². The molecule has 1 heterocycles. The lowest BCUT2D eigenvalue weighted by Crippen LogP contribution is -2.51. The molecule has 0 atom stereocenters. The summed E-state index contributed by atoms with van der Waals surface area (Å²) in [6, 6.07) is 18.1. The van der Waals surface area contributed by atoms with Crippen molar-refractivity contribution in [1.29, 1.82) is 0 Å². The van der Waals surface area contributed by atoms with Crippen LogP contribution in [-0.4, -0.2) is 45.9 Å². The van der Waals surface area contributed by atoms with Gasteiger partial charge in [-0.2, -0.15) is 0 Å². The lowest BCUT2D eigenvalue weighted by molar-refractivity contribution is -0.123. The summed E-state index contributed by atoms with van der Waals surface area (Å²) < 4.78 is 16.4. The summed E-state index contributed by atoms with van der Waals surface area (Å²) >= 11 is 0. The Hall–Kier alpha value is -2.12. The van der Waals surface area contributed by atoms with Crippen LogP contribution >= 0.6 is 12.4 Å². The summed E-state index contributed by atoms with van der Waals surface area (Å²) in [5.74, 6) is 0.791. The molecule has 1 aliphatic rings. The molecule has 0 aromatic heterocycles. The van der Waals surface area contributed by atoms with Crippen LogP contribution in [0.15, 0.2) is 54.6 Å². The van der Waals surface area contributed by atoms with Crippen LogP contribution in [0, 0.1) is 0 Å². The van der Waals surface area contributed by atoms with Gasteiger partial charge >= 0.3 is 0 Å².